The standard InChI is InChI=1S/C16H18ClNO5/c1-22-13-4-2-8(6-11(13)17)14(16(20)21)18-15(19)10-7-9-3-5-12(10)23-9/h2,4,6,9-10,12,14H,3,5,7H2,1H3,(H,18,19)(H,20,21). The number of methoxy groups -OCH3 is 1. The number of fused-ring (bicyclic) bond motifs is 2. The number of rotatable bonds is 5. The number of amides is 1. The number of carbonyl (C=O) groups is 2. The number of hydrogen-bond acceptors (Lipinski definition) is 4. The average Bonchev–Trinajstić information content (AvgIpc) is 3.15. The van der Waals surface area contributed by atoms with Crippen LogP contribution < -0.4 is 10.1 Å². The van der Waals surface area contributed by atoms with E-state index in [0.717, 1.165) is 12.8 Å². The summed E-state index contributed by atoms with van der Waals surface area (Å²) in [5.74, 6) is -1.24. The molecule has 4 unspecified atom stereocenters. The smallest absolute Gasteiger partial charge is 0.330 e. The molecule has 7 heteroatoms. The van der Waals surface area contributed by atoms with Gasteiger partial charge in [-0.05, 0) is 37.0 Å². The van der Waals surface area contributed by atoms with Crippen molar-refractivity contribution in [3.63, 3.8) is 0 Å². The predicted octanol–water partition coefficient (Wildman–Crippen LogP) is 2.16. The molecule has 1 aromatic rings. The van der Waals surface area contributed by atoms with Gasteiger partial charge in [-0.25, -0.2) is 4.79 Å². The monoisotopic (exact) mass is 339 g/mol. The molecule has 0 saturated carbocycles. The summed E-state index contributed by atoms with van der Waals surface area (Å²) in [5, 5.41) is 12.4. The molecule has 4 atom stereocenters. The van der Waals surface area contributed by atoms with Crippen molar-refractivity contribution in [2.24, 2.45) is 5.92 Å². The normalized spacial score (nSPS) is 26.8. The van der Waals surface area contributed by atoms with Gasteiger partial charge >= 0.3 is 5.97 Å². The first kappa shape index (κ1) is 16.1. The lowest BCUT2D eigenvalue weighted by molar-refractivity contribution is -0.143. The van der Waals surface area contributed by atoms with E-state index >= 15 is 0 Å². The highest BCUT2D eigenvalue weighted by molar-refractivity contribution is 6.32. The molecule has 3 rings (SSSR count). The maximum atomic E-state index is 12.4. The van der Waals surface area contributed by atoms with E-state index in [9.17, 15) is 14.7 Å². The topological polar surface area (TPSA) is 84.9 Å². The molecule has 0 aliphatic carbocycles. The molecule has 0 spiro atoms. The molecule has 2 fully saturated rings. The van der Waals surface area contributed by atoms with Gasteiger partial charge < -0.3 is 19.9 Å². The maximum Gasteiger partial charge on any atom is 0.330 e. The Bertz CT molecular complexity index is 635. The molecule has 2 bridgehead atoms. The predicted molar refractivity (Wildman–Crippen MR) is 82.5 cm³/mol. The maximum absolute atomic E-state index is 12.4. The Labute approximate surface area is 138 Å². The molecule has 2 saturated heterocycles. The molecule has 0 aromatic heterocycles. The SMILES string of the molecule is COc1ccc(C(NC(=O)C2CC3CCC2O3)C(=O)O)cc1Cl. The van der Waals surface area contributed by atoms with E-state index in [2.05, 4.69) is 5.32 Å². The van der Waals surface area contributed by atoms with Gasteiger partial charge in [0.25, 0.3) is 0 Å². The zero-order valence-electron chi connectivity index (χ0n) is 12.6. The van der Waals surface area contributed by atoms with Crippen molar-refractivity contribution in [2.75, 3.05) is 7.11 Å². The van der Waals surface area contributed by atoms with E-state index in [-0.39, 0.29) is 24.0 Å². The highest BCUT2D eigenvalue weighted by atomic mass is 35.5. The summed E-state index contributed by atoms with van der Waals surface area (Å²) in [5.41, 5.74) is 0.403. The molecule has 2 aliphatic heterocycles. The lowest BCUT2D eigenvalue weighted by Gasteiger charge is -2.22. The van der Waals surface area contributed by atoms with Crippen LogP contribution in [0.25, 0.3) is 0 Å². The van der Waals surface area contributed by atoms with Crippen LogP contribution in [-0.2, 0) is 14.3 Å². The summed E-state index contributed by atoms with van der Waals surface area (Å²) in [4.78, 5) is 24.0. The highest BCUT2D eigenvalue weighted by Gasteiger charge is 2.45. The van der Waals surface area contributed by atoms with Crippen molar-refractivity contribution in [1.82, 2.24) is 5.32 Å². The van der Waals surface area contributed by atoms with E-state index in [4.69, 9.17) is 21.1 Å². The summed E-state index contributed by atoms with van der Waals surface area (Å²) in [6.07, 6.45) is 2.54. The Morgan fingerprint density at radius 3 is 2.74 bits per heavy atom. The molecule has 1 amide bonds. The third kappa shape index (κ3) is 3.14. The third-order valence-corrected chi connectivity index (χ3v) is 4.78. The van der Waals surface area contributed by atoms with Crippen LogP contribution in [0, 0.1) is 5.92 Å². The third-order valence-electron chi connectivity index (χ3n) is 4.49. The first-order chi connectivity index (χ1) is 11.0. The van der Waals surface area contributed by atoms with E-state index in [1.165, 1.54) is 13.2 Å². The van der Waals surface area contributed by atoms with Gasteiger partial charge in [-0.2, -0.15) is 0 Å². The quantitative estimate of drug-likeness (QED) is 0.858. The van der Waals surface area contributed by atoms with Crippen molar-refractivity contribution in [1.29, 1.82) is 0 Å². The number of aliphatic carboxylic acids is 1. The number of carboxylic acid groups (broad SMARTS) is 1. The van der Waals surface area contributed by atoms with Gasteiger partial charge in [0, 0.05) is 0 Å². The number of benzene rings is 1. The van der Waals surface area contributed by atoms with Gasteiger partial charge in [0.05, 0.1) is 30.3 Å². The van der Waals surface area contributed by atoms with Gasteiger partial charge in [0.1, 0.15) is 5.75 Å². The summed E-state index contributed by atoms with van der Waals surface area (Å²) in [6, 6.07) is 3.52. The van der Waals surface area contributed by atoms with E-state index in [1.54, 1.807) is 12.1 Å². The van der Waals surface area contributed by atoms with Crippen LogP contribution in [0.4, 0.5) is 0 Å². The molecular formula is C16H18ClNO5. The van der Waals surface area contributed by atoms with Crippen molar-refractivity contribution in [2.45, 2.75) is 37.5 Å². The molecule has 6 nitrogen and oxygen atoms in total. The summed E-state index contributed by atoms with van der Waals surface area (Å²) in [7, 11) is 1.48. The Kier molecular flexibility index (Phi) is 4.46. The minimum atomic E-state index is -1.15. The molecule has 0 radical (unpaired) electrons. The largest absolute Gasteiger partial charge is 0.495 e. The second-order valence-corrected chi connectivity index (χ2v) is 6.30. The van der Waals surface area contributed by atoms with Crippen LogP contribution in [0.5, 0.6) is 5.75 Å². The second kappa shape index (κ2) is 6.37. The number of halogens is 1. The zero-order chi connectivity index (χ0) is 16.6. The van der Waals surface area contributed by atoms with Crippen LogP contribution in [0.3, 0.4) is 0 Å². The fraction of sp³-hybridized carbons (Fsp3) is 0.500. The van der Waals surface area contributed by atoms with Crippen molar-refractivity contribution < 1.29 is 24.2 Å². The van der Waals surface area contributed by atoms with Gasteiger partial charge in [-0.15, -0.1) is 0 Å². The van der Waals surface area contributed by atoms with E-state index < -0.39 is 12.0 Å². The van der Waals surface area contributed by atoms with Gasteiger partial charge in [0.2, 0.25) is 5.91 Å². The Morgan fingerprint density at radius 2 is 2.22 bits per heavy atom. The first-order valence-corrected chi connectivity index (χ1v) is 7.89. The number of carbonyl (C=O) groups excluding carboxylic acids is 1. The van der Waals surface area contributed by atoms with Crippen LogP contribution in [0.1, 0.15) is 30.9 Å². The van der Waals surface area contributed by atoms with E-state index in [1.807, 2.05) is 0 Å². The first-order valence-electron chi connectivity index (χ1n) is 7.51. The second-order valence-electron chi connectivity index (χ2n) is 5.89. The van der Waals surface area contributed by atoms with Gasteiger partial charge in [0.15, 0.2) is 6.04 Å². The summed E-state index contributed by atoms with van der Waals surface area (Å²) >= 11 is 6.04. The highest BCUT2D eigenvalue weighted by Crippen LogP contribution is 2.39. The molecule has 124 valence electrons. The molecule has 2 aliphatic rings. The average molecular weight is 340 g/mol. The number of nitrogens with one attached hydrogen (secondary N) is 1. The van der Waals surface area contributed by atoms with Crippen LogP contribution in [0.2, 0.25) is 5.02 Å². The Morgan fingerprint density at radius 1 is 1.43 bits per heavy atom. The summed E-state index contributed by atoms with van der Waals surface area (Å²) < 4.78 is 10.7. The molecule has 1 aromatic carbocycles. The van der Waals surface area contributed by atoms with Crippen LogP contribution in [-0.4, -0.2) is 36.3 Å². The van der Waals surface area contributed by atoms with Crippen LogP contribution in [0.15, 0.2) is 18.2 Å². The number of ether oxygens (including phenoxy) is 2. The zero-order valence-corrected chi connectivity index (χ0v) is 13.4. The number of carboxylic acids is 1. The molecule has 2 N–H and O–H groups in total. The van der Waals surface area contributed by atoms with E-state index in [0.29, 0.717) is 22.8 Å². The number of hydrogen-bond donors (Lipinski definition) is 2. The fourth-order valence-corrected chi connectivity index (χ4v) is 3.58. The van der Waals surface area contributed by atoms with Gasteiger partial charge in [-0.3, -0.25) is 4.79 Å². The lowest BCUT2D eigenvalue weighted by atomic mass is 9.88. The minimum absolute atomic E-state index is 0.0890. The Balaban J connectivity index is 1.75. The molecular weight excluding hydrogens is 322 g/mol. The summed E-state index contributed by atoms with van der Waals surface area (Å²) in [6.45, 7) is 0. The van der Waals surface area contributed by atoms with Crippen molar-refractivity contribution >= 4 is 23.5 Å². The van der Waals surface area contributed by atoms with Gasteiger partial charge in [-0.1, -0.05) is 17.7 Å². The lowest BCUT2D eigenvalue weighted by Crippen LogP contribution is -2.40. The molecule has 2 heterocycles. The minimum Gasteiger partial charge on any atom is -0.495 e. The van der Waals surface area contributed by atoms with Crippen LogP contribution >= 0.6 is 11.6 Å². The van der Waals surface area contributed by atoms with Crippen molar-refractivity contribution in [3.8, 4) is 5.75 Å². The molecule has 23 heavy (non-hydrogen) atoms. The Hall–Kier alpha value is -1.79. The van der Waals surface area contributed by atoms with Crippen molar-refractivity contribution in [3.05, 3.63) is 28.8 Å². The fourth-order valence-electron chi connectivity index (χ4n) is 3.31.